The van der Waals surface area contributed by atoms with E-state index in [-0.39, 0.29) is 0 Å². The topological polar surface area (TPSA) is 137 Å². The van der Waals surface area contributed by atoms with Gasteiger partial charge < -0.3 is 30.1 Å². The van der Waals surface area contributed by atoms with Crippen LogP contribution in [0, 0.1) is 0 Å². The molecule has 0 amide bonds. The molecule has 0 aliphatic carbocycles. The van der Waals surface area contributed by atoms with Gasteiger partial charge in [-0.2, -0.15) is 0 Å². The molecule has 0 fully saturated rings. The molecule has 13 heteroatoms. The summed E-state index contributed by atoms with van der Waals surface area (Å²) in [6.45, 7) is 2.12. The van der Waals surface area contributed by atoms with E-state index in [9.17, 15) is 30.1 Å². The van der Waals surface area contributed by atoms with Crippen molar-refractivity contribution in [3.05, 3.63) is 187 Å². The van der Waals surface area contributed by atoms with Gasteiger partial charge in [0.2, 0.25) is 0 Å². The molecular weight excluding hydrogens is 689 g/mol. The van der Waals surface area contributed by atoms with Crippen molar-refractivity contribution in [3.63, 3.8) is 0 Å². The maximum absolute atomic E-state index is 10.1. The van der Waals surface area contributed by atoms with Gasteiger partial charge in [0.25, 0.3) is 0 Å². The minimum atomic E-state index is -1.59. The zero-order chi connectivity index (χ0) is 38.3. The van der Waals surface area contributed by atoms with Gasteiger partial charge in [-0.05, 0) is 44.7 Å². The van der Waals surface area contributed by atoms with Crippen molar-refractivity contribution >= 4 is 37.7 Å². The lowest BCUT2D eigenvalue weighted by Crippen LogP contribution is -2.40. The molecule has 0 unspecified atom stereocenters. The Morgan fingerprint density at radius 1 is 0.345 bits per heavy atom. The molecule has 7 rings (SSSR count). The van der Waals surface area contributed by atoms with Gasteiger partial charge in [0.05, 0.1) is 0 Å². The first-order valence-corrected chi connectivity index (χ1v) is 18.0. The van der Waals surface area contributed by atoms with Crippen LogP contribution in [0.25, 0.3) is 22.3 Å². The molecule has 0 saturated heterocycles. The smallest absolute Gasteiger partial charge is 0.423 e. The molecule has 0 saturated carbocycles. The Bertz CT molecular complexity index is 2200. The maximum atomic E-state index is 10.1. The molecule has 0 aliphatic heterocycles. The summed E-state index contributed by atoms with van der Waals surface area (Å²) in [7, 11) is -4.63. The molecule has 7 aromatic rings. The molecule has 10 nitrogen and oxygen atoms in total. The van der Waals surface area contributed by atoms with Gasteiger partial charge in [0.1, 0.15) is 0 Å². The van der Waals surface area contributed by atoms with Crippen LogP contribution in [0.1, 0.15) is 22.3 Å². The molecule has 55 heavy (non-hydrogen) atoms. The average molecular weight is 730 g/mol. The predicted octanol–water partition coefficient (Wildman–Crippen LogP) is -0.597. The zero-order valence-corrected chi connectivity index (χ0v) is 30.1. The molecule has 0 aliphatic rings. The SMILES string of the molecule is OB(O)c1cc(C[n+]2ccc(-c3cc[n+](Cc4ccccc4B(O)O)cc3)cc2)cc(C[n+]2ccc(-c3cc[n+](Cc4ccccc4B(O)O)cc3)cc2)c1. The lowest BCUT2D eigenvalue weighted by molar-refractivity contribution is -0.689. The van der Waals surface area contributed by atoms with Crippen molar-refractivity contribution in [2.75, 3.05) is 0 Å². The Balaban J connectivity index is 0.997. The van der Waals surface area contributed by atoms with Gasteiger partial charge in [0.15, 0.2) is 75.8 Å². The molecule has 0 spiro atoms. The monoisotopic (exact) mass is 730 g/mol. The second-order valence-corrected chi connectivity index (χ2v) is 13.6. The van der Waals surface area contributed by atoms with Crippen molar-refractivity contribution < 1.29 is 48.4 Å². The number of hydrogen-bond acceptors (Lipinski definition) is 6. The van der Waals surface area contributed by atoms with E-state index in [1.807, 2.05) is 144 Å². The largest absolute Gasteiger partial charge is 0.488 e. The molecule has 270 valence electrons. The van der Waals surface area contributed by atoms with E-state index in [0.717, 1.165) is 44.5 Å². The molecule has 0 atom stereocenters. The van der Waals surface area contributed by atoms with E-state index in [2.05, 4.69) is 15.2 Å². The Morgan fingerprint density at radius 3 is 0.964 bits per heavy atom. The normalized spacial score (nSPS) is 11.0. The van der Waals surface area contributed by atoms with Crippen LogP contribution in [-0.4, -0.2) is 51.5 Å². The highest BCUT2D eigenvalue weighted by atomic mass is 16.4. The van der Waals surface area contributed by atoms with Gasteiger partial charge >= 0.3 is 21.4 Å². The third kappa shape index (κ3) is 9.48. The van der Waals surface area contributed by atoms with E-state index in [4.69, 9.17) is 0 Å². The first-order chi connectivity index (χ1) is 26.7. The van der Waals surface area contributed by atoms with Crippen LogP contribution in [0.15, 0.2) is 165 Å². The average Bonchev–Trinajstić information content (AvgIpc) is 3.19. The highest BCUT2D eigenvalue weighted by molar-refractivity contribution is 6.59. The number of nitrogens with zero attached hydrogens (tertiary/aromatic N) is 4. The summed E-state index contributed by atoms with van der Waals surface area (Å²) < 4.78 is 8.10. The Morgan fingerprint density at radius 2 is 0.655 bits per heavy atom. The van der Waals surface area contributed by atoms with Crippen LogP contribution in [0.2, 0.25) is 0 Å². The molecule has 3 aromatic carbocycles. The first kappa shape index (κ1) is 37.5. The van der Waals surface area contributed by atoms with Gasteiger partial charge in [-0.3, -0.25) is 0 Å². The number of hydrogen-bond donors (Lipinski definition) is 6. The van der Waals surface area contributed by atoms with Gasteiger partial charge in [-0.25, -0.2) is 18.3 Å². The van der Waals surface area contributed by atoms with Crippen LogP contribution in [-0.2, 0) is 26.2 Å². The number of pyridine rings is 4. The van der Waals surface area contributed by atoms with Gasteiger partial charge in [-0.1, -0.05) is 60.7 Å². The second-order valence-electron chi connectivity index (χ2n) is 13.6. The second kappa shape index (κ2) is 17.1. The van der Waals surface area contributed by atoms with Crippen LogP contribution in [0.5, 0.6) is 0 Å². The number of rotatable bonds is 13. The predicted molar refractivity (Wildman–Crippen MR) is 210 cm³/mol. The quantitative estimate of drug-likeness (QED) is 0.0694. The fourth-order valence-electron chi connectivity index (χ4n) is 6.82. The zero-order valence-electron chi connectivity index (χ0n) is 30.1. The van der Waals surface area contributed by atoms with Crippen LogP contribution in [0.4, 0.5) is 0 Å². The lowest BCUT2D eigenvalue weighted by Gasteiger charge is -2.08. The summed E-state index contributed by atoms with van der Waals surface area (Å²) in [5.41, 5.74) is 9.18. The fraction of sp³-hybridized carbons (Fsp3) is 0.0952. The fourth-order valence-corrected chi connectivity index (χ4v) is 6.82. The molecule has 0 bridgehead atoms. The summed E-state index contributed by atoms with van der Waals surface area (Å²) in [5.74, 6) is 0. The highest BCUT2D eigenvalue weighted by Crippen LogP contribution is 2.17. The van der Waals surface area contributed by atoms with E-state index >= 15 is 0 Å². The highest BCUT2D eigenvalue weighted by Gasteiger charge is 2.20. The van der Waals surface area contributed by atoms with E-state index < -0.39 is 21.4 Å². The van der Waals surface area contributed by atoms with Crippen molar-refractivity contribution in [2.24, 2.45) is 0 Å². The first-order valence-electron chi connectivity index (χ1n) is 18.0. The van der Waals surface area contributed by atoms with Crippen molar-refractivity contribution in [1.82, 2.24) is 0 Å². The molecule has 6 N–H and O–H groups in total. The van der Waals surface area contributed by atoms with Crippen LogP contribution in [0.3, 0.4) is 0 Å². The maximum Gasteiger partial charge on any atom is 0.488 e. The standard InChI is InChI=1S/C42H41B3N4O6/c50-43(51)40-26-32(28-46-17-9-34(10-18-46)36-13-21-48(22-14-36)30-38-5-1-3-7-41(38)44(52)53)25-33(27-40)29-47-19-11-35(12-20-47)37-15-23-49(24-16-37)31-39-6-2-4-8-42(39)45(54)55/h1-27,50-55H,28-31H2/q+4. The molecule has 4 heterocycles. The molecular formula is C42H41B3N4O6+4. The van der Waals surface area contributed by atoms with E-state index in [1.54, 1.807) is 24.3 Å². The van der Waals surface area contributed by atoms with Crippen LogP contribution < -0.4 is 34.7 Å². The Labute approximate surface area is 320 Å². The van der Waals surface area contributed by atoms with E-state index in [0.29, 0.717) is 42.6 Å². The lowest BCUT2D eigenvalue weighted by atomic mass is 9.77. The van der Waals surface area contributed by atoms with Gasteiger partial charge in [-0.15, -0.1) is 0 Å². The molecule has 4 aromatic heterocycles. The number of aromatic nitrogens is 4. The van der Waals surface area contributed by atoms with E-state index in [1.165, 1.54) is 0 Å². The molecule has 0 radical (unpaired) electrons. The Kier molecular flexibility index (Phi) is 11.7. The summed E-state index contributed by atoms with van der Waals surface area (Å²) in [6, 6.07) is 36.6. The minimum Gasteiger partial charge on any atom is -0.423 e. The third-order valence-corrected chi connectivity index (χ3v) is 9.71. The van der Waals surface area contributed by atoms with Crippen LogP contribution >= 0.6 is 0 Å². The van der Waals surface area contributed by atoms with Crippen molar-refractivity contribution in [2.45, 2.75) is 26.2 Å². The third-order valence-electron chi connectivity index (χ3n) is 9.71. The Hall–Kier alpha value is -5.79. The summed E-state index contributed by atoms with van der Waals surface area (Å²) in [5, 5.41) is 59.0. The van der Waals surface area contributed by atoms with Crippen molar-refractivity contribution in [1.29, 1.82) is 0 Å². The summed E-state index contributed by atoms with van der Waals surface area (Å²) >= 11 is 0. The number of benzene rings is 3. The summed E-state index contributed by atoms with van der Waals surface area (Å²) in [4.78, 5) is 0. The summed E-state index contributed by atoms with van der Waals surface area (Å²) in [6.07, 6.45) is 15.9. The minimum absolute atomic E-state index is 0.435. The van der Waals surface area contributed by atoms with Gasteiger partial charge in [0, 0.05) is 70.8 Å². The van der Waals surface area contributed by atoms with Crippen molar-refractivity contribution in [3.8, 4) is 22.3 Å².